The Hall–Kier alpha value is -2.04. The molecule has 0 amide bonds. The van der Waals surface area contributed by atoms with Crippen LogP contribution in [0.15, 0.2) is 18.2 Å². The third-order valence-corrected chi connectivity index (χ3v) is 2.60. The monoisotopic (exact) mass is 266 g/mol. The number of carbonyl (C=O) groups is 2. The van der Waals surface area contributed by atoms with Crippen LogP contribution in [-0.4, -0.2) is 31.6 Å². The van der Waals surface area contributed by atoms with Crippen molar-refractivity contribution in [2.75, 3.05) is 14.2 Å². The summed E-state index contributed by atoms with van der Waals surface area (Å²) >= 11 is 0. The Labute approximate surface area is 112 Å². The second-order valence-corrected chi connectivity index (χ2v) is 4.50. The fraction of sp³-hybridized carbons (Fsp3) is 0.429. The molecule has 0 N–H and O–H groups in total. The molecule has 1 aromatic carbocycles. The maximum Gasteiger partial charge on any atom is 0.303 e. The van der Waals surface area contributed by atoms with Gasteiger partial charge in [0, 0.05) is 13.0 Å². The first-order chi connectivity index (χ1) is 8.81. The number of rotatable bonds is 5. The van der Waals surface area contributed by atoms with E-state index in [0.29, 0.717) is 17.1 Å². The van der Waals surface area contributed by atoms with Gasteiger partial charge in [0.1, 0.15) is 11.5 Å². The van der Waals surface area contributed by atoms with Crippen LogP contribution >= 0.6 is 0 Å². The first-order valence-electron chi connectivity index (χ1n) is 5.78. The van der Waals surface area contributed by atoms with E-state index in [4.69, 9.17) is 14.2 Å². The van der Waals surface area contributed by atoms with Crippen LogP contribution < -0.4 is 9.47 Å². The molecule has 0 bridgehead atoms. The molecule has 0 saturated heterocycles. The first-order valence-corrected chi connectivity index (χ1v) is 5.78. The lowest BCUT2D eigenvalue weighted by Crippen LogP contribution is -2.36. The lowest BCUT2D eigenvalue weighted by molar-refractivity contribution is -0.149. The number of esters is 1. The van der Waals surface area contributed by atoms with Gasteiger partial charge in [-0.1, -0.05) is 0 Å². The molecule has 5 heteroatoms. The number of carbonyl (C=O) groups excluding carboxylic acids is 2. The number of hydrogen-bond donors (Lipinski definition) is 0. The summed E-state index contributed by atoms with van der Waals surface area (Å²) in [5.41, 5.74) is -0.900. The van der Waals surface area contributed by atoms with Crippen LogP contribution in [0.3, 0.4) is 0 Å². The van der Waals surface area contributed by atoms with Crippen LogP contribution in [0.2, 0.25) is 0 Å². The van der Waals surface area contributed by atoms with Crippen LogP contribution in [0, 0.1) is 0 Å². The van der Waals surface area contributed by atoms with Gasteiger partial charge in [-0.15, -0.1) is 0 Å². The van der Waals surface area contributed by atoms with Crippen molar-refractivity contribution in [3.05, 3.63) is 23.8 Å². The average molecular weight is 266 g/mol. The normalized spacial score (nSPS) is 10.8. The molecule has 0 spiro atoms. The second-order valence-electron chi connectivity index (χ2n) is 4.50. The number of Topliss-reactive ketones (excluding diaryl/α,β-unsaturated/α-hetero) is 1. The molecule has 0 aliphatic carbocycles. The number of benzene rings is 1. The summed E-state index contributed by atoms with van der Waals surface area (Å²) in [5.74, 6) is 0.122. The molecule has 0 fully saturated rings. The smallest absolute Gasteiger partial charge is 0.303 e. The van der Waals surface area contributed by atoms with Crippen LogP contribution in [0.1, 0.15) is 31.1 Å². The Morgan fingerprint density at radius 3 is 2.21 bits per heavy atom. The van der Waals surface area contributed by atoms with Gasteiger partial charge in [0.25, 0.3) is 0 Å². The highest BCUT2D eigenvalue weighted by atomic mass is 16.6. The fourth-order valence-corrected chi connectivity index (χ4v) is 1.72. The van der Waals surface area contributed by atoms with E-state index in [-0.39, 0.29) is 5.78 Å². The summed E-state index contributed by atoms with van der Waals surface area (Å²) in [6.07, 6.45) is 0. The summed E-state index contributed by atoms with van der Waals surface area (Å²) in [6.45, 7) is 4.35. The minimum atomic E-state index is -1.24. The van der Waals surface area contributed by atoms with Crippen molar-refractivity contribution >= 4 is 11.8 Å². The van der Waals surface area contributed by atoms with E-state index in [1.54, 1.807) is 32.0 Å². The van der Waals surface area contributed by atoms with Crippen molar-refractivity contribution < 1.29 is 23.8 Å². The van der Waals surface area contributed by atoms with E-state index in [9.17, 15) is 9.59 Å². The molecule has 0 atom stereocenters. The van der Waals surface area contributed by atoms with Crippen LogP contribution in [0.25, 0.3) is 0 Å². The number of methoxy groups -OCH3 is 2. The molecule has 5 nitrogen and oxygen atoms in total. The number of ether oxygens (including phenoxy) is 3. The van der Waals surface area contributed by atoms with Crippen LogP contribution in [0.5, 0.6) is 11.5 Å². The van der Waals surface area contributed by atoms with Gasteiger partial charge in [-0.2, -0.15) is 0 Å². The zero-order valence-corrected chi connectivity index (χ0v) is 11.8. The van der Waals surface area contributed by atoms with E-state index in [1.807, 2.05) is 0 Å². The number of hydrogen-bond acceptors (Lipinski definition) is 5. The Kier molecular flexibility index (Phi) is 4.53. The standard InChI is InChI=1S/C14H18O5/c1-9(15)19-14(2,3)13(16)11-7-6-10(17-4)8-12(11)18-5/h6-8H,1-5H3. The molecule has 0 aliphatic heterocycles. The summed E-state index contributed by atoms with van der Waals surface area (Å²) in [5, 5.41) is 0. The third kappa shape index (κ3) is 3.47. The Morgan fingerprint density at radius 1 is 1.11 bits per heavy atom. The molecule has 0 aromatic heterocycles. The van der Waals surface area contributed by atoms with Gasteiger partial charge in [-0.25, -0.2) is 0 Å². The van der Waals surface area contributed by atoms with Gasteiger partial charge in [0.15, 0.2) is 5.60 Å². The molecule has 0 unspecified atom stereocenters. The average Bonchev–Trinajstić information content (AvgIpc) is 2.35. The predicted molar refractivity (Wildman–Crippen MR) is 69.7 cm³/mol. The van der Waals surface area contributed by atoms with Gasteiger partial charge in [0.05, 0.1) is 19.8 Å². The van der Waals surface area contributed by atoms with Crippen molar-refractivity contribution in [2.45, 2.75) is 26.4 Å². The minimum absolute atomic E-state index is 0.331. The molecule has 0 aliphatic rings. The largest absolute Gasteiger partial charge is 0.497 e. The number of ketones is 1. The molecule has 0 saturated carbocycles. The Balaban J connectivity index is 3.15. The molecule has 19 heavy (non-hydrogen) atoms. The molecule has 1 aromatic rings. The fourth-order valence-electron chi connectivity index (χ4n) is 1.72. The Morgan fingerprint density at radius 2 is 1.74 bits per heavy atom. The van der Waals surface area contributed by atoms with Gasteiger partial charge >= 0.3 is 5.97 Å². The summed E-state index contributed by atoms with van der Waals surface area (Å²) in [7, 11) is 2.99. The lowest BCUT2D eigenvalue weighted by Gasteiger charge is -2.23. The maximum absolute atomic E-state index is 12.4. The Bertz CT molecular complexity index is 491. The lowest BCUT2D eigenvalue weighted by atomic mass is 9.95. The van der Waals surface area contributed by atoms with E-state index in [1.165, 1.54) is 21.1 Å². The van der Waals surface area contributed by atoms with E-state index in [0.717, 1.165) is 0 Å². The predicted octanol–water partition coefficient (Wildman–Crippen LogP) is 2.23. The molecular weight excluding hydrogens is 248 g/mol. The molecule has 104 valence electrons. The van der Waals surface area contributed by atoms with E-state index < -0.39 is 11.6 Å². The summed E-state index contributed by atoms with van der Waals surface area (Å²) in [4.78, 5) is 23.4. The maximum atomic E-state index is 12.4. The highest BCUT2D eigenvalue weighted by Crippen LogP contribution is 2.29. The van der Waals surface area contributed by atoms with Crippen molar-refractivity contribution in [1.29, 1.82) is 0 Å². The molecule has 0 heterocycles. The van der Waals surface area contributed by atoms with E-state index in [2.05, 4.69) is 0 Å². The van der Waals surface area contributed by atoms with Crippen molar-refractivity contribution in [1.82, 2.24) is 0 Å². The topological polar surface area (TPSA) is 61.8 Å². The molecule has 1 rings (SSSR count). The molecular formula is C14H18O5. The molecule has 0 radical (unpaired) electrons. The second kappa shape index (κ2) is 5.73. The highest BCUT2D eigenvalue weighted by Gasteiger charge is 2.33. The van der Waals surface area contributed by atoms with Gasteiger partial charge in [0.2, 0.25) is 5.78 Å². The van der Waals surface area contributed by atoms with Crippen LogP contribution in [-0.2, 0) is 9.53 Å². The van der Waals surface area contributed by atoms with Gasteiger partial charge in [-0.05, 0) is 26.0 Å². The zero-order valence-electron chi connectivity index (χ0n) is 11.8. The highest BCUT2D eigenvalue weighted by molar-refractivity contribution is 6.05. The summed E-state index contributed by atoms with van der Waals surface area (Å²) < 4.78 is 15.3. The van der Waals surface area contributed by atoms with Crippen molar-refractivity contribution in [3.63, 3.8) is 0 Å². The van der Waals surface area contributed by atoms with Crippen LogP contribution in [0.4, 0.5) is 0 Å². The van der Waals surface area contributed by atoms with Crippen molar-refractivity contribution in [3.8, 4) is 11.5 Å². The first kappa shape index (κ1) is 15.0. The third-order valence-electron chi connectivity index (χ3n) is 2.60. The quantitative estimate of drug-likeness (QED) is 0.604. The SMILES string of the molecule is COc1ccc(C(=O)C(C)(C)OC(C)=O)c(OC)c1. The van der Waals surface area contributed by atoms with Crippen molar-refractivity contribution in [2.24, 2.45) is 0 Å². The van der Waals surface area contributed by atoms with Gasteiger partial charge < -0.3 is 14.2 Å². The zero-order chi connectivity index (χ0) is 14.6. The van der Waals surface area contributed by atoms with Gasteiger partial charge in [-0.3, -0.25) is 9.59 Å². The minimum Gasteiger partial charge on any atom is -0.497 e. The summed E-state index contributed by atoms with van der Waals surface area (Å²) in [6, 6.07) is 4.85. The van der Waals surface area contributed by atoms with E-state index >= 15 is 0 Å².